The van der Waals surface area contributed by atoms with E-state index in [1.165, 1.54) is 131 Å². The van der Waals surface area contributed by atoms with Crippen LogP contribution in [0.15, 0.2) is 224 Å². The second-order valence-corrected chi connectivity index (χ2v) is 21.7. The molecule has 0 bridgehead atoms. The van der Waals surface area contributed by atoms with E-state index in [2.05, 4.69) is 289 Å². The molecule has 1 saturated carbocycles. The quantitative estimate of drug-likeness (QED) is 0.133. The van der Waals surface area contributed by atoms with Crippen molar-refractivity contribution >= 4 is 64.6 Å². The van der Waals surface area contributed by atoms with Gasteiger partial charge in [0, 0.05) is 0 Å². The molecule has 0 unspecified atom stereocenters. The van der Waals surface area contributed by atoms with Gasteiger partial charge in [-0.15, -0.1) is 0 Å². The molecule has 1 aliphatic rings. The van der Waals surface area contributed by atoms with Crippen LogP contribution in [-0.2, 0) is 0 Å². The Bertz CT molecular complexity index is 3340. The lowest BCUT2D eigenvalue weighted by atomic mass is 9.91. The smallest absolute Gasteiger partial charge is 0.0103 e. The summed E-state index contributed by atoms with van der Waals surface area (Å²) in [5, 5.41) is 16.0. The van der Waals surface area contributed by atoms with Gasteiger partial charge in [-0.3, -0.25) is 0 Å². The molecule has 11 aromatic carbocycles. The average Bonchev–Trinajstić information content (AvgIpc) is 3.43. The largest absolute Gasteiger partial charge is 0.0683 e. The van der Waals surface area contributed by atoms with E-state index in [9.17, 15) is 0 Å². The van der Waals surface area contributed by atoms with E-state index in [-0.39, 0.29) is 0 Å². The van der Waals surface area contributed by atoms with Crippen molar-refractivity contribution in [3.05, 3.63) is 252 Å². The lowest BCUT2D eigenvalue weighted by Gasteiger charge is -2.15. The zero-order valence-corrected chi connectivity index (χ0v) is 49.2. The van der Waals surface area contributed by atoms with E-state index in [1.54, 1.807) is 0 Å². The number of hydrogen-bond acceptors (Lipinski definition) is 0. The second kappa shape index (κ2) is 33.1. The predicted molar refractivity (Wildman–Crippen MR) is 346 cm³/mol. The minimum absolute atomic E-state index is 0.500. The normalized spacial score (nSPS) is 11.6. The summed E-state index contributed by atoms with van der Waals surface area (Å²) >= 11 is 0. The fraction of sp³-hybridized carbons (Fsp3) is 0.289. The second-order valence-electron chi connectivity index (χ2n) is 21.7. The van der Waals surface area contributed by atoms with Crippen LogP contribution in [0.2, 0.25) is 0 Å². The maximum absolute atomic E-state index is 2.36. The van der Waals surface area contributed by atoms with E-state index >= 15 is 0 Å². The molecular formula is C76H92. The van der Waals surface area contributed by atoms with Crippen molar-refractivity contribution < 1.29 is 0 Å². The van der Waals surface area contributed by atoms with Crippen molar-refractivity contribution in [2.45, 2.75) is 135 Å². The van der Waals surface area contributed by atoms with E-state index in [1.807, 2.05) is 32.0 Å². The zero-order chi connectivity index (χ0) is 55.3. The van der Waals surface area contributed by atoms with Crippen LogP contribution in [0.4, 0.5) is 0 Å². The molecule has 0 aromatic heterocycles. The SMILES string of the molecule is CC.CC(C)(C)C.CC1CCCCC1.CCC.Cc1cc2ccccc2c2ccccc12.Cc1ccc2c(ccc3ccccc32)c1.Cc1ccc2ccccc2c1.Cc1cccc2ccccc12.Cc1ccccc1. The van der Waals surface area contributed by atoms with Gasteiger partial charge in [-0.05, 0) is 122 Å². The lowest BCUT2D eigenvalue weighted by molar-refractivity contribution is 0.385. The first kappa shape index (κ1) is 61.5. The highest BCUT2D eigenvalue weighted by molar-refractivity contribution is 6.09. The Balaban J connectivity index is 0.000000194. The summed E-state index contributed by atoms with van der Waals surface area (Å²) in [5.74, 6) is 1.04. The summed E-state index contributed by atoms with van der Waals surface area (Å²) in [4.78, 5) is 0. The van der Waals surface area contributed by atoms with Gasteiger partial charge in [0.05, 0.1) is 0 Å². The fourth-order valence-corrected chi connectivity index (χ4v) is 8.91. The summed E-state index contributed by atoms with van der Waals surface area (Å²) < 4.78 is 0. The molecule has 0 saturated heterocycles. The fourth-order valence-electron chi connectivity index (χ4n) is 8.91. The van der Waals surface area contributed by atoms with Gasteiger partial charge in [0.25, 0.3) is 0 Å². The predicted octanol–water partition coefficient (Wildman–Crippen LogP) is 24.0. The molecule has 0 nitrogen and oxygen atoms in total. The van der Waals surface area contributed by atoms with E-state index < -0.39 is 0 Å². The molecule has 0 aliphatic heterocycles. The minimum Gasteiger partial charge on any atom is -0.0683 e. The van der Waals surface area contributed by atoms with Crippen molar-refractivity contribution in [2.75, 3.05) is 0 Å². The first-order chi connectivity index (χ1) is 36.6. The molecule has 12 rings (SSSR count). The van der Waals surface area contributed by atoms with E-state index in [4.69, 9.17) is 0 Å². The third kappa shape index (κ3) is 21.3. The molecule has 0 amide bonds. The monoisotopic (exact) mass is 1000 g/mol. The summed E-state index contributed by atoms with van der Waals surface area (Å²) in [7, 11) is 0. The van der Waals surface area contributed by atoms with Crippen LogP contribution < -0.4 is 0 Å². The van der Waals surface area contributed by atoms with Crippen LogP contribution in [0.1, 0.15) is 129 Å². The molecule has 396 valence electrons. The minimum atomic E-state index is 0.500. The number of fused-ring (bicyclic) bond motifs is 8. The molecule has 1 aliphatic carbocycles. The van der Waals surface area contributed by atoms with Crippen LogP contribution >= 0.6 is 0 Å². The average molecular weight is 1010 g/mol. The van der Waals surface area contributed by atoms with Gasteiger partial charge in [0.1, 0.15) is 0 Å². The lowest BCUT2D eigenvalue weighted by Crippen LogP contribution is -1.99. The molecule has 1 fully saturated rings. The molecule has 0 N–H and O–H groups in total. The summed E-state index contributed by atoms with van der Waals surface area (Å²) in [5.41, 5.74) is 7.16. The van der Waals surface area contributed by atoms with Gasteiger partial charge in [0.15, 0.2) is 0 Å². The molecular weight excluding hydrogens is 913 g/mol. The summed E-state index contributed by atoms with van der Waals surface area (Å²) in [6, 6.07) is 79.0. The van der Waals surface area contributed by atoms with Crippen LogP contribution in [-0.4, -0.2) is 0 Å². The third-order valence-electron chi connectivity index (χ3n) is 12.6. The molecule has 76 heavy (non-hydrogen) atoms. The van der Waals surface area contributed by atoms with Gasteiger partial charge in [-0.25, -0.2) is 0 Å². The number of benzene rings is 11. The Morgan fingerprint density at radius 1 is 0.316 bits per heavy atom. The zero-order valence-electron chi connectivity index (χ0n) is 49.2. The topological polar surface area (TPSA) is 0 Å². The standard InChI is InChI=1S/2C15H12.2C11H10.C7H14.C7H8.C5H12.C3H8.C2H6/c1-11-10-12-6-2-3-8-14(12)15-9-5-4-7-13(11)15;1-11-6-9-15-13(10-11)8-7-12-4-2-3-5-14(12)15;1-9-5-4-7-10-6-2-3-8-11(9)10;1-9-6-7-10-4-2-3-5-11(10)8-9;2*1-7-5-3-2-4-6-7;1-5(2,3)4;1-3-2;1-2/h2*2-10H,1H3;2*2-8H,1H3;7H,2-6H2,1H3;2-6H,1H3;1-4H3;3H2,1-2H3;1-2H3. The van der Waals surface area contributed by atoms with Gasteiger partial charge >= 0.3 is 0 Å². The molecule has 11 aromatic rings. The summed E-state index contributed by atoms with van der Waals surface area (Å²) in [6.45, 7) is 30.0. The number of aryl methyl sites for hydroxylation is 5. The molecule has 0 heteroatoms. The van der Waals surface area contributed by atoms with Crippen LogP contribution in [0.3, 0.4) is 0 Å². The van der Waals surface area contributed by atoms with Gasteiger partial charge in [0.2, 0.25) is 0 Å². The van der Waals surface area contributed by atoms with Crippen molar-refractivity contribution in [2.24, 2.45) is 11.3 Å². The Morgan fingerprint density at radius 2 is 0.684 bits per heavy atom. The highest BCUT2D eigenvalue weighted by Crippen LogP contribution is 2.29. The first-order valence-electron chi connectivity index (χ1n) is 28.3. The Morgan fingerprint density at radius 3 is 1.21 bits per heavy atom. The first-order valence-corrected chi connectivity index (χ1v) is 28.3. The highest BCUT2D eigenvalue weighted by atomic mass is 14.1. The molecule has 0 atom stereocenters. The van der Waals surface area contributed by atoms with Crippen LogP contribution in [0, 0.1) is 46.0 Å². The Hall–Kier alpha value is -7.02. The Labute approximate surface area is 461 Å². The van der Waals surface area contributed by atoms with Gasteiger partial charge < -0.3 is 0 Å². The molecule has 0 heterocycles. The third-order valence-corrected chi connectivity index (χ3v) is 12.6. The maximum atomic E-state index is 2.36. The van der Waals surface area contributed by atoms with Crippen LogP contribution in [0.25, 0.3) is 64.6 Å². The van der Waals surface area contributed by atoms with Gasteiger partial charge in [-0.2, -0.15) is 0 Å². The van der Waals surface area contributed by atoms with Crippen molar-refractivity contribution in [3.8, 4) is 0 Å². The van der Waals surface area contributed by atoms with Crippen molar-refractivity contribution in [1.29, 1.82) is 0 Å². The molecule has 0 radical (unpaired) electrons. The maximum Gasteiger partial charge on any atom is -0.0103 e. The van der Waals surface area contributed by atoms with Crippen molar-refractivity contribution in [3.63, 3.8) is 0 Å². The summed E-state index contributed by atoms with van der Waals surface area (Å²) in [6.07, 6.45) is 8.69. The number of hydrogen-bond donors (Lipinski definition) is 0. The van der Waals surface area contributed by atoms with E-state index in [0.29, 0.717) is 5.41 Å². The Kier molecular flexibility index (Phi) is 26.8. The van der Waals surface area contributed by atoms with Crippen LogP contribution in [0.5, 0.6) is 0 Å². The van der Waals surface area contributed by atoms with Gasteiger partial charge in [-0.1, -0.05) is 342 Å². The number of rotatable bonds is 0. The van der Waals surface area contributed by atoms with E-state index in [0.717, 1.165) is 5.92 Å². The highest BCUT2D eigenvalue weighted by Gasteiger charge is 2.06. The molecule has 0 spiro atoms. The van der Waals surface area contributed by atoms with Crippen molar-refractivity contribution in [1.82, 2.24) is 0 Å².